The summed E-state index contributed by atoms with van der Waals surface area (Å²) in [6.45, 7) is 4.16. The van der Waals surface area contributed by atoms with Crippen LogP contribution in [0.2, 0.25) is 0 Å². The van der Waals surface area contributed by atoms with Gasteiger partial charge in [-0.2, -0.15) is 0 Å². The van der Waals surface area contributed by atoms with Crippen LogP contribution in [0.5, 0.6) is 0 Å². The Bertz CT molecular complexity index is 307. The van der Waals surface area contributed by atoms with Crippen molar-refractivity contribution in [1.82, 2.24) is 15.1 Å². The van der Waals surface area contributed by atoms with Crippen molar-refractivity contribution in [3.05, 3.63) is 0 Å². The summed E-state index contributed by atoms with van der Waals surface area (Å²) in [5.74, 6) is 0.594. The molecule has 1 saturated carbocycles. The second-order valence-electron chi connectivity index (χ2n) is 6.15. The van der Waals surface area contributed by atoms with E-state index < -0.39 is 0 Å². The van der Waals surface area contributed by atoms with Gasteiger partial charge in [-0.1, -0.05) is 0 Å². The SMILES string of the molecule is COC(=O)C(CN(C)CC1CCN(C)C1)NC1CC1. The van der Waals surface area contributed by atoms with Gasteiger partial charge in [0, 0.05) is 25.7 Å². The van der Waals surface area contributed by atoms with E-state index in [9.17, 15) is 4.79 Å². The smallest absolute Gasteiger partial charge is 0.324 e. The molecular weight excluding hydrogens is 242 g/mol. The standard InChI is InChI=1S/C14H27N3O2/c1-16-7-6-11(8-16)9-17(2)10-13(14(18)19-3)15-12-4-5-12/h11-13,15H,4-10H2,1-3H3. The third kappa shape index (κ3) is 4.75. The molecule has 0 aromatic carbocycles. The van der Waals surface area contributed by atoms with E-state index in [1.807, 2.05) is 0 Å². The summed E-state index contributed by atoms with van der Waals surface area (Å²) in [7, 11) is 5.74. The number of nitrogens with zero attached hydrogens (tertiary/aromatic N) is 2. The second-order valence-corrected chi connectivity index (χ2v) is 6.15. The van der Waals surface area contributed by atoms with Crippen LogP contribution < -0.4 is 5.32 Å². The van der Waals surface area contributed by atoms with Gasteiger partial charge in [-0.15, -0.1) is 0 Å². The summed E-state index contributed by atoms with van der Waals surface area (Å²) < 4.78 is 4.89. The molecule has 2 rings (SSSR count). The van der Waals surface area contributed by atoms with E-state index in [2.05, 4.69) is 29.2 Å². The van der Waals surface area contributed by atoms with E-state index in [0.717, 1.165) is 19.0 Å². The predicted molar refractivity (Wildman–Crippen MR) is 75.1 cm³/mol. The number of carbonyl (C=O) groups is 1. The number of rotatable bonds is 7. The molecular formula is C14H27N3O2. The van der Waals surface area contributed by atoms with Gasteiger partial charge in [0.15, 0.2) is 0 Å². The fraction of sp³-hybridized carbons (Fsp3) is 0.929. The molecule has 1 aliphatic heterocycles. The lowest BCUT2D eigenvalue weighted by Gasteiger charge is -2.25. The molecule has 2 fully saturated rings. The Morgan fingerprint density at radius 2 is 2.21 bits per heavy atom. The van der Waals surface area contributed by atoms with E-state index in [4.69, 9.17) is 4.74 Å². The first-order valence-corrected chi connectivity index (χ1v) is 7.29. The average molecular weight is 269 g/mol. The second kappa shape index (κ2) is 6.68. The number of ether oxygens (including phenoxy) is 1. The maximum atomic E-state index is 11.8. The molecule has 1 N–H and O–H groups in total. The number of esters is 1. The summed E-state index contributed by atoms with van der Waals surface area (Å²) in [5.41, 5.74) is 0. The Balaban J connectivity index is 1.76. The van der Waals surface area contributed by atoms with Crippen molar-refractivity contribution in [2.24, 2.45) is 5.92 Å². The fourth-order valence-corrected chi connectivity index (χ4v) is 2.87. The lowest BCUT2D eigenvalue weighted by atomic mass is 10.1. The number of methoxy groups -OCH3 is 1. The van der Waals surface area contributed by atoms with Crippen LogP contribution in [0.1, 0.15) is 19.3 Å². The van der Waals surface area contributed by atoms with Crippen LogP contribution in [0.15, 0.2) is 0 Å². The fourth-order valence-electron chi connectivity index (χ4n) is 2.87. The van der Waals surface area contributed by atoms with Gasteiger partial charge in [-0.25, -0.2) is 0 Å². The summed E-state index contributed by atoms with van der Waals surface area (Å²) >= 11 is 0. The number of nitrogens with one attached hydrogen (secondary N) is 1. The van der Waals surface area contributed by atoms with Crippen molar-refractivity contribution in [2.45, 2.75) is 31.3 Å². The highest BCUT2D eigenvalue weighted by atomic mass is 16.5. The highest BCUT2D eigenvalue weighted by Crippen LogP contribution is 2.20. The third-order valence-electron chi connectivity index (χ3n) is 4.05. The molecule has 19 heavy (non-hydrogen) atoms. The summed E-state index contributed by atoms with van der Waals surface area (Å²) in [6.07, 6.45) is 3.63. The largest absolute Gasteiger partial charge is 0.468 e. The molecule has 2 atom stereocenters. The molecule has 5 nitrogen and oxygen atoms in total. The monoisotopic (exact) mass is 269 g/mol. The van der Waals surface area contributed by atoms with E-state index >= 15 is 0 Å². The molecule has 1 aliphatic carbocycles. The Morgan fingerprint density at radius 3 is 2.74 bits per heavy atom. The van der Waals surface area contributed by atoms with Gasteiger partial charge >= 0.3 is 5.97 Å². The van der Waals surface area contributed by atoms with Gasteiger partial charge in [-0.05, 0) is 45.8 Å². The van der Waals surface area contributed by atoms with Crippen LogP contribution in [-0.2, 0) is 9.53 Å². The molecule has 2 aliphatic rings. The lowest BCUT2D eigenvalue weighted by molar-refractivity contribution is -0.143. The van der Waals surface area contributed by atoms with Gasteiger partial charge in [-0.3, -0.25) is 4.79 Å². The Hall–Kier alpha value is -0.650. The van der Waals surface area contributed by atoms with E-state index in [1.165, 1.54) is 39.5 Å². The quantitative estimate of drug-likeness (QED) is 0.667. The molecule has 0 radical (unpaired) electrons. The number of hydrogen-bond acceptors (Lipinski definition) is 5. The Labute approximate surface area is 116 Å². The zero-order chi connectivity index (χ0) is 13.8. The zero-order valence-electron chi connectivity index (χ0n) is 12.4. The van der Waals surface area contributed by atoms with Crippen LogP contribution in [0, 0.1) is 5.92 Å². The summed E-state index contributed by atoms with van der Waals surface area (Å²) in [6, 6.07) is 0.344. The van der Waals surface area contributed by atoms with E-state index in [1.54, 1.807) is 0 Å². The van der Waals surface area contributed by atoms with Crippen molar-refractivity contribution < 1.29 is 9.53 Å². The molecule has 110 valence electrons. The molecule has 0 amide bonds. The van der Waals surface area contributed by atoms with E-state index in [0.29, 0.717) is 6.04 Å². The molecule has 2 unspecified atom stereocenters. The third-order valence-corrected chi connectivity index (χ3v) is 4.05. The van der Waals surface area contributed by atoms with Crippen LogP contribution in [0.4, 0.5) is 0 Å². The first kappa shape index (κ1) is 14.8. The van der Waals surface area contributed by atoms with E-state index in [-0.39, 0.29) is 12.0 Å². The summed E-state index contributed by atoms with van der Waals surface area (Å²) in [5, 5.41) is 3.38. The van der Waals surface area contributed by atoms with Gasteiger partial charge in [0.2, 0.25) is 0 Å². The van der Waals surface area contributed by atoms with Gasteiger partial charge < -0.3 is 19.9 Å². The molecule has 0 spiro atoms. The minimum Gasteiger partial charge on any atom is -0.468 e. The normalized spacial score (nSPS) is 25.8. The Morgan fingerprint density at radius 1 is 1.47 bits per heavy atom. The van der Waals surface area contributed by atoms with Gasteiger partial charge in [0.25, 0.3) is 0 Å². The predicted octanol–water partition coefficient (Wildman–Crippen LogP) is 0.164. The minimum atomic E-state index is -0.179. The van der Waals surface area contributed by atoms with Crippen LogP contribution in [-0.4, -0.2) is 75.2 Å². The molecule has 1 heterocycles. The first-order valence-electron chi connectivity index (χ1n) is 7.29. The van der Waals surface area contributed by atoms with Crippen molar-refractivity contribution in [2.75, 3.05) is 47.4 Å². The number of carbonyl (C=O) groups excluding carboxylic acids is 1. The first-order chi connectivity index (χ1) is 9.08. The van der Waals surface area contributed by atoms with Gasteiger partial charge in [0.05, 0.1) is 7.11 Å². The van der Waals surface area contributed by atoms with Crippen LogP contribution in [0.3, 0.4) is 0 Å². The van der Waals surface area contributed by atoms with Crippen LogP contribution >= 0.6 is 0 Å². The van der Waals surface area contributed by atoms with Crippen molar-refractivity contribution in [3.63, 3.8) is 0 Å². The van der Waals surface area contributed by atoms with Crippen molar-refractivity contribution in [3.8, 4) is 0 Å². The molecule has 1 saturated heterocycles. The molecule has 0 aromatic rings. The minimum absolute atomic E-state index is 0.137. The van der Waals surface area contributed by atoms with Gasteiger partial charge in [0.1, 0.15) is 6.04 Å². The Kier molecular flexibility index (Phi) is 5.19. The lowest BCUT2D eigenvalue weighted by Crippen LogP contribution is -2.47. The maximum absolute atomic E-state index is 11.8. The molecule has 0 aromatic heterocycles. The maximum Gasteiger partial charge on any atom is 0.324 e. The highest BCUT2D eigenvalue weighted by Gasteiger charge is 2.30. The number of hydrogen-bond donors (Lipinski definition) is 1. The zero-order valence-corrected chi connectivity index (χ0v) is 12.4. The van der Waals surface area contributed by atoms with Crippen LogP contribution in [0.25, 0.3) is 0 Å². The average Bonchev–Trinajstić information content (AvgIpc) is 3.10. The number of likely N-dealkylation sites (N-methyl/N-ethyl adjacent to an activating group) is 1. The number of likely N-dealkylation sites (tertiary alicyclic amines) is 1. The van der Waals surface area contributed by atoms with Crippen molar-refractivity contribution in [1.29, 1.82) is 0 Å². The van der Waals surface area contributed by atoms with Crippen molar-refractivity contribution >= 4 is 5.97 Å². The molecule has 5 heteroatoms. The summed E-state index contributed by atoms with van der Waals surface area (Å²) in [4.78, 5) is 16.4. The molecule has 0 bridgehead atoms. The topological polar surface area (TPSA) is 44.8 Å². The highest BCUT2D eigenvalue weighted by molar-refractivity contribution is 5.76.